The molecule has 0 bridgehead atoms. The van der Waals surface area contributed by atoms with E-state index in [4.69, 9.17) is 4.74 Å². The molecule has 1 aromatic rings. The first-order valence-corrected chi connectivity index (χ1v) is 5.94. The molecule has 2 N–H and O–H groups in total. The van der Waals surface area contributed by atoms with Crippen LogP contribution < -0.4 is 10.1 Å². The van der Waals surface area contributed by atoms with Crippen molar-refractivity contribution in [1.82, 2.24) is 5.32 Å². The van der Waals surface area contributed by atoms with E-state index in [1.165, 1.54) is 19.2 Å². The number of aromatic hydroxyl groups is 1. The minimum Gasteiger partial charge on any atom is -0.507 e. The van der Waals surface area contributed by atoms with Crippen LogP contribution in [0, 0.1) is 5.41 Å². The Kier molecular flexibility index (Phi) is 4.53. The van der Waals surface area contributed by atoms with Crippen LogP contribution >= 0.6 is 0 Å². The van der Waals surface area contributed by atoms with Gasteiger partial charge in [-0.25, -0.2) is 0 Å². The second-order valence-electron chi connectivity index (χ2n) is 5.24. The van der Waals surface area contributed by atoms with Crippen LogP contribution in [-0.2, 0) is 4.79 Å². The fraction of sp³-hybridized carbons (Fsp3) is 0.429. The summed E-state index contributed by atoms with van der Waals surface area (Å²) in [5.74, 6) is -0.274. The number of hydrogen-bond acceptors (Lipinski definition) is 4. The molecule has 1 amide bonds. The van der Waals surface area contributed by atoms with Crippen molar-refractivity contribution in [2.45, 2.75) is 20.8 Å². The highest BCUT2D eigenvalue weighted by Crippen LogP contribution is 2.22. The fourth-order valence-electron chi connectivity index (χ4n) is 1.34. The molecule has 0 atom stereocenters. The lowest BCUT2D eigenvalue weighted by atomic mass is 9.91. The molecule has 19 heavy (non-hydrogen) atoms. The number of benzene rings is 1. The number of phenols is 1. The van der Waals surface area contributed by atoms with E-state index >= 15 is 0 Å². The second-order valence-corrected chi connectivity index (χ2v) is 5.24. The van der Waals surface area contributed by atoms with Crippen molar-refractivity contribution in [2.75, 3.05) is 13.7 Å². The standard InChI is InChI=1S/C14H19NO4/c1-14(2,3)12(17)8-15-13(18)10-7-9(19-4)5-6-11(10)16/h5-7,16H,8H2,1-4H3,(H,15,18). The van der Waals surface area contributed by atoms with Crippen LogP contribution in [0.5, 0.6) is 11.5 Å². The van der Waals surface area contributed by atoms with Crippen molar-refractivity contribution in [1.29, 1.82) is 0 Å². The molecule has 0 heterocycles. The van der Waals surface area contributed by atoms with Gasteiger partial charge < -0.3 is 15.2 Å². The lowest BCUT2D eigenvalue weighted by molar-refractivity contribution is -0.125. The summed E-state index contributed by atoms with van der Waals surface area (Å²) in [5.41, 5.74) is -0.426. The number of hydrogen-bond donors (Lipinski definition) is 2. The van der Waals surface area contributed by atoms with E-state index in [-0.39, 0.29) is 23.6 Å². The zero-order valence-electron chi connectivity index (χ0n) is 11.6. The maximum Gasteiger partial charge on any atom is 0.255 e. The van der Waals surface area contributed by atoms with Crippen molar-refractivity contribution in [3.05, 3.63) is 23.8 Å². The summed E-state index contributed by atoms with van der Waals surface area (Å²) in [6.07, 6.45) is 0. The van der Waals surface area contributed by atoms with Gasteiger partial charge in [-0.05, 0) is 18.2 Å². The molecule has 1 rings (SSSR count). The van der Waals surface area contributed by atoms with Gasteiger partial charge in [-0.3, -0.25) is 9.59 Å². The summed E-state index contributed by atoms with van der Waals surface area (Å²) in [5, 5.41) is 12.1. The van der Waals surface area contributed by atoms with Gasteiger partial charge in [0, 0.05) is 5.41 Å². The molecule has 0 radical (unpaired) electrons. The Morgan fingerprint density at radius 1 is 1.32 bits per heavy atom. The van der Waals surface area contributed by atoms with Crippen LogP contribution in [-0.4, -0.2) is 30.5 Å². The van der Waals surface area contributed by atoms with Crippen LogP contribution in [0.4, 0.5) is 0 Å². The molecule has 0 aromatic heterocycles. The number of ketones is 1. The predicted octanol–water partition coefficient (Wildman–Crippen LogP) is 1.75. The van der Waals surface area contributed by atoms with Gasteiger partial charge in [-0.2, -0.15) is 0 Å². The zero-order valence-corrected chi connectivity index (χ0v) is 11.6. The Hall–Kier alpha value is -2.04. The quantitative estimate of drug-likeness (QED) is 0.869. The van der Waals surface area contributed by atoms with Gasteiger partial charge in [0.1, 0.15) is 11.5 Å². The summed E-state index contributed by atoms with van der Waals surface area (Å²) >= 11 is 0. The molecule has 5 nitrogen and oxygen atoms in total. The van der Waals surface area contributed by atoms with Crippen LogP contribution in [0.2, 0.25) is 0 Å². The first-order chi connectivity index (χ1) is 8.75. The van der Waals surface area contributed by atoms with E-state index < -0.39 is 11.3 Å². The van der Waals surface area contributed by atoms with Crippen LogP contribution in [0.15, 0.2) is 18.2 Å². The highest BCUT2D eigenvalue weighted by molar-refractivity contribution is 5.99. The largest absolute Gasteiger partial charge is 0.507 e. The topological polar surface area (TPSA) is 75.6 Å². The highest BCUT2D eigenvalue weighted by Gasteiger charge is 2.22. The molecule has 0 aliphatic rings. The van der Waals surface area contributed by atoms with Gasteiger partial charge in [-0.15, -0.1) is 0 Å². The average molecular weight is 265 g/mol. The van der Waals surface area contributed by atoms with E-state index in [1.807, 2.05) is 0 Å². The summed E-state index contributed by atoms with van der Waals surface area (Å²) in [4.78, 5) is 23.6. The van der Waals surface area contributed by atoms with E-state index in [0.29, 0.717) is 5.75 Å². The van der Waals surface area contributed by atoms with Crippen LogP contribution in [0.3, 0.4) is 0 Å². The molecule has 0 saturated heterocycles. The number of phenolic OH excluding ortho intramolecular Hbond substituents is 1. The smallest absolute Gasteiger partial charge is 0.255 e. The lowest BCUT2D eigenvalue weighted by Crippen LogP contribution is -2.35. The lowest BCUT2D eigenvalue weighted by Gasteiger charge is -2.17. The molecule has 0 unspecified atom stereocenters. The summed E-state index contributed by atoms with van der Waals surface area (Å²) in [6.45, 7) is 5.28. The molecular weight excluding hydrogens is 246 g/mol. The Balaban J connectivity index is 2.76. The third kappa shape index (κ3) is 3.98. The number of amides is 1. The summed E-state index contributed by atoms with van der Waals surface area (Å²) in [7, 11) is 1.47. The molecule has 0 spiro atoms. The van der Waals surface area contributed by atoms with Crippen LogP contribution in [0.25, 0.3) is 0 Å². The van der Waals surface area contributed by atoms with E-state index in [9.17, 15) is 14.7 Å². The first kappa shape index (κ1) is 15.0. The normalized spacial score (nSPS) is 10.9. The third-order valence-corrected chi connectivity index (χ3v) is 2.69. The number of carbonyl (C=O) groups is 2. The highest BCUT2D eigenvalue weighted by atomic mass is 16.5. The minimum atomic E-state index is -0.510. The number of ether oxygens (including phenoxy) is 1. The molecule has 0 aliphatic carbocycles. The fourth-order valence-corrected chi connectivity index (χ4v) is 1.34. The third-order valence-electron chi connectivity index (χ3n) is 2.69. The van der Waals surface area contributed by atoms with Gasteiger partial charge in [-0.1, -0.05) is 20.8 Å². The molecule has 1 aromatic carbocycles. The number of carbonyl (C=O) groups excluding carboxylic acids is 2. The van der Waals surface area contributed by atoms with Crippen molar-refractivity contribution >= 4 is 11.7 Å². The van der Waals surface area contributed by atoms with Crippen molar-refractivity contribution in [2.24, 2.45) is 5.41 Å². The first-order valence-electron chi connectivity index (χ1n) is 5.94. The molecular formula is C14H19NO4. The number of Topliss-reactive ketones (excluding diaryl/α,β-unsaturated/α-hetero) is 1. The number of nitrogens with one attached hydrogen (secondary N) is 1. The Morgan fingerprint density at radius 2 is 1.95 bits per heavy atom. The van der Waals surface area contributed by atoms with Crippen LogP contribution in [0.1, 0.15) is 31.1 Å². The number of rotatable bonds is 4. The number of methoxy groups -OCH3 is 1. The van der Waals surface area contributed by atoms with E-state index in [2.05, 4.69) is 5.32 Å². The molecule has 0 saturated carbocycles. The second kappa shape index (κ2) is 5.73. The van der Waals surface area contributed by atoms with Crippen molar-refractivity contribution < 1.29 is 19.4 Å². The maximum atomic E-state index is 11.9. The minimum absolute atomic E-state index is 0.0705. The molecule has 104 valence electrons. The van der Waals surface area contributed by atoms with Gasteiger partial charge in [0.2, 0.25) is 0 Å². The zero-order chi connectivity index (χ0) is 14.6. The van der Waals surface area contributed by atoms with E-state index in [0.717, 1.165) is 0 Å². The van der Waals surface area contributed by atoms with Gasteiger partial charge in [0.15, 0.2) is 5.78 Å². The molecule has 5 heteroatoms. The monoisotopic (exact) mass is 265 g/mol. The molecule has 0 aliphatic heterocycles. The Bertz CT molecular complexity index is 489. The Labute approximate surface area is 112 Å². The van der Waals surface area contributed by atoms with Crippen molar-refractivity contribution in [3.63, 3.8) is 0 Å². The van der Waals surface area contributed by atoms with E-state index in [1.54, 1.807) is 26.8 Å². The average Bonchev–Trinajstić information content (AvgIpc) is 2.34. The molecule has 0 fully saturated rings. The summed E-state index contributed by atoms with van der Waals surface area (Å²) in [6, 6.07) is 4.35. The predicted molar refractivity (Wildman–Crippen MR) is 71.5 cm³/mol. The Morgan fingerprint density at radius 3 is 2.47 bits per heavy atom. The van der Waals surface area contributed by atoms with Crippen molar-refractivity contribution in [3.8, 4) is 11.5 Å². The van der Waals surface area contributed by atoms with Gasteiger partial charge in [0.25, 0.3) is 5.91 Å². The summed E-state index contributed by atoms with van der Waals surface area (Å²) < 4.78 is 4.98. The maximum absolute atomic E-state index is 11.9. The SMILES string of the molecule is COc1ccc(O)c(C(=O)NCC(=O)C(C)(C)C)c1. The van der Waals surface area contributed by atoms with Gasteiger partial charge in [0.05, 0.1) is 19.2 Å². The van der Waals surface area contributed by atoms with Gasteiger partial charge >= 0.3 is 0 Å².